The van der Waals surface area contributed by atoms with Crippen LogP contribution >= 0.6 is 0 Å². The van der Waals surface area contributed by atoms with Gasteiger partial charge in [0.15, 0.2) is 0 Å². The summed E-state index contributed by atoms with van der Waals surface area (Å²) < 4.78 is 11.1. The molecular weight excluding hydrogens is 360 g/mol. The number of ether oxygens (including phenoxy) is 2. The first-order valence-electron chi connectivity index (χ1n) is 10.4. The molecular formula is C20H40N4O4. The number of nitrogens with zero attached hydrogens (tertiary/aromatic N) is 2. The van der Waals surface area contributed by atoms with Crippen molar-refractivity contribution in [1.82, 2.24) is 20.4 Å². The van der Waals surface area contributed by atoms with E-state index in [1.807, 2.05) is 41.5 Å². The average molecular weight is 401 g/mol. The minimum absolute atomic E-state index is 0.342. The van der Waals surface area contributed by atoms with Gasteiger partial charge in [0.25, 0.3) is 0 Å². The predicted molar refractivity (Wildman–Crippen MR) is 111 cm³/mol. The van der Waals surface area contributed by atoms with E-state index in [-0.39, 0.29) is 12.2 Å². The van der Waals surface area contributed by atoms with E-state index in [1.54, 1.807) is 9.80 Å². The summed E-state index contributed by atoms with van der Waals surface area (Å²) in [6.45, 7) is 16.6. The molecule has 2 amide bonds. The van der Waals surface area contributed by atoms with Crippen LogP contribution in [0.2, 0.25) is 0 Å². The molecule has 0 aromatic heterocycles. The van der Waals surface area contributed by atoms with E-state index >= 15 is 0 Å². The lowest BCUT2D eigenvalue weighted by atomic mass is 10.2. The lowest BCUT2D eigenvalue weighted by Crippen LogP contribution is -2.46. The lowest BCUT2D eigenvalue weighted by molar-refractivity contribution is 0.0132. The molecule has 1 rings (SSSR count). The Morgan fingerprint density at radius 2 is 1.00 bits per heavy atom. The van der Waals surface area contributed by atoms with E-state index in [2.05, 4.69) is 10.6 Å². The van der Waals surface area contributed by atoms with Crippen LogP contribution in [0.5, 0.6) is 0 Å². The Morgan fingerprint density at radius 1 is 0.643 bits per heavy atom. The van der Waals surface area contributed by atoms with Crippen molar-refractivity contribution in [3.8, 4) is 0 Å². The number of carbonyl (C=O) groups excluding carboxylic acids is 2. The standard InChI is InChI=1S/C20H40N4O4/c1-19(2,3)27-17(25)23-13-7-9-21-11-12-22-10-8-14-24(16-15-23)18(26)28-20(4,5)6/h21-22H,7-16H2,1-6H3. The van der Waals surface area contributed by atoms with Crippen molar-refractivity contribution < 1.29 is 19.1 Å². The molecule has 2 N–H and O–H groups in total. The topological polar surface area (TPSA) is 83.1 Å². The normalized spacial score (nSPS) is 18.9. The monoisotopic (exact) mass is 400 g/mol. The Labute approximate surface area is 170 Å². The van der Waals surface area contributed by atoms with E-state index in [0.29, 0.717) is 26.2 Å². The van der Waals surface area contributed by atoms with Crippen LogP contribution < -0.4 is 10.6 Å². The second kappa shape index (κ2) is 11.5. The quantitative estimate of drug-likeness (QED) is 0.650. The Bertz CT molecular complexity index is 442. The predicted octanol–water partition coefficient (Wildman–Crippen LogP) is 2.43. The SMILES string of the molecule is CC(C)(C)OC(=O)N1CCCNCCNCCCN(C(=O)OC(C)(C)C)CC1. The van der Waals surface area contributed by atoms with Gasteiger partial charge in [-0.3, -0.25) is 0 Å². The highest BCUT2D eigenvalue weighted by molar-refractivity contribution is 5.69. The maximum absolute atomic E-state index is 12.6. The van der Waals surface area contributed by atoms with Gasteiger partial charge < -0.3 is 29.9 Å². The fraction of sp³-hybridized carbons (Fsp3) is 0.900. The molecule has 1 saturated heterocycles. The highest BCUT2D eigenvalue weighted by atomic mass is 16.6. The van der Waals surface area contributed by atoms with Crippen molar-refractivity contribution in [2.24, 2.45) is 0 Å². The second-order valence-electron chi connectivity index (χ2n) is 9.14. The zero-order valence-corrected chi connectivity index (χ0v) is 18.6. The van der Waals surface area contributed by atoms with Gasteiger partial charge >= 0.3 is 12.2 Å². The van der Waals surface area contributed by atoms with E-state index in [4.69, 9.17) is 9.47 Å². The molecule has 1 heterocycles. The molecule has 1 aliphatic heterocycles. The maximum Gasteiger partial charge on any atom is 0.410 e. The minimum atomic E-state index is -0.551. The third kappa shape index (κ3) is 11.3. The molecule has 1 fully saturated rings. The van der Waals surface area contributed by atoms with E-state index in [0.717, 1.165) is 39.0 Å². The molecule has 8 nitrogen and oxygen atoms in total. The van der Waals surface area contributed by atoms with Crippen molar-refractivity contribution in [1.29, 1.82) is 0 Å². The van der Waals surface area contributed by atoms with E-state index < -0.39 is 11.2 Å². The van der Waals surface area contributed by atoms with Crippen molar-refractivity contribution in [2.45, 2.75) is 65.6 Å². The van der Waals surface area contributed by atoms with E-state index in [1.165, 1.54) is 0 Å². The van der Waals surface area contributed by atoms with Gasteiger partial charge in [-0.1, -0.05) is 0 Å². The molecule has 0 aromatic carbocycles. The first-order valence-corrected chi connectivity index (χ1v) is 10.4. The van der Waals surface area contributed by atoms with Gasteiger partial charge in [-0.2, -0.15) is 0 Å². The highest BCUT2D eigenvalue weighted by Crippen LogP contribution is 2.12. The smallest absolute Gasteiger partial charge is 0.410 e. The van der Waals surface area contributed by atoms with Crippen LogP contribution in [0.3, 0.4) is 0 Å². The molecule has 1 aliphatic rings. The molecule has 8 heteroatoms. The molecule has 0 radical (unpaired) electrons. The molecule has 28 heavy (non-hydrogen) atoms. The summed E-state index contributed by atoms with van der Waals surface area (Å²) in [5.41, 5.74) is -1.10. The summed E-state index contributed by atoms with van der Waals surface area (Å²) >= 11 is 0. The summed E-state index contributed by atoms with van der Waals surface area (Å²) in [6, 6.07) is 0. The molecule has 164 valence electrons. The van der Waals surface area contributed by atoms with E-state index in [9.17, 15) is 9.59 Å². The van der Waals surface area contributed by atoms with Crippen molar-refractivity contribution in [3.63, 3.8) is 0 Å². The minimum Gasteiger partial charge on any atom is -0.444 e. The lowest BCUT2D eigenvalue weighted by Gasteiger charge is -2.31. The first kappa shape index (κ1) is 24.5. The number of carbonyl (C=O) groups is 2. The Hall–Kier alpha value is -1.54. The van der Waals surface area contributed by atoms with Crippen LogP contribution in [0.1, 0.15) is 54.4 Å². The largest absolute Gasteiger partial charge is 0.444 e. The first-order chi connectivity index (χ1) is 13.0. The van der Waals surface area contributed by atoms with Crippen LogP contribution in [0, 0.1) is 0 Å². The van der Waals surface area contributed by atoms with Gasteiger partial charge in [-0.25, -0.2) is 9.59 Å². The Kier molecular flexibility index (Phi) is 10.0. The molecule has 0 spiro atoms. The summed E-state index contributed by atoms with van der Waals surface area (Å²) in [7, 11) is 0. The van der Waals surface area contributed by atoms with Crippen LogP contribution in [-0.4, -0.2) is 85.5 Å². The molecule has 0 aromatic rings. The van der Waals surface area contributed by atoms with Crippen LogP contribution in [0.25, 0.3) is 0 Å². The number of rotatable bonds is 0. The molecule has 0 saturated carbocycles. The number of amides is 2. The Morgan fingerprint density at radius 3 is 1.32 bits per heavy atom. The van der Waals surface area contributed by atoms with Gasteiger partial charge in [-0.05, 0) is 67.5 Å². The van der Waals surface area contributed by atoms with Gasteiger partial charge in [-0.15, -0.1) is 0 Å². The molecule has 0 aliphatic carbocycles. The van der Waals surface area contributed by atoms with Gasteiger partial charge in [0.1, 0.15) is 11.2 Å². The number of nitrogens with one attached hydrogen (secondary N) is 2. The fourth-order valence-corrected chi connectivity index (χ4v) is 2.70. The molecule has 0 unspecified atom stereocenters. The van der Waals surface area contributed by atoms with Gasteiger partial charge in [0, 0.05) is 39.3 Å². The highest BCUT2D eigenvalue weighted by Gasteiger charge is 2.25. The van der Waals surface area contributed by atoms with Crippen molar-refractivity contribution >= 4 is 12.2 Å². The zero-order valence-electron chi connectivity index (χ0n) is 18.6. The molecule has 0 bridgehead atoms. The van der Waals surface area contributed by atoms with Crippen molar-refractivity contribution in [2.75, 3.05) is 52.4 Å². The third-order valence-corrected chi connectivity index (χ3v) is 3.98. The fourth-order valence-electron chi connectivity index (χ4n) is 2.70. The van der Waals surface area contributed by atoms with Crippen molar-refractivity contribution in [3.05, 3.63) is 0 Å². The second-order valence-corrected chi connectivity index (χ2v) is 9.14. The summed E-state index contributed by atoms with van der Waals surface area (Å²) in [5, 5.41) is 6.75. The number of hydrogen-bond acceptors (Lipinski definition) is 6. The summed E-state index contributed by atoms with van der Waals surface area (Å²) in [5.74, 6) is 0. The number of hydrogen-bond donors (Lipinski definition) is 2. The Balaban J connectivity index is 2.81. The summed E-state index contributed by atoms with van der Waals surface area (Å²) in [6.07, 6.45) is 0.966. The zero-order chi connectivity index (χ0) is 21.2. The maximum atomic E-state index is 12.6. The van der Waals surface area contributed by atoms with Gasteiger partial charge in [0.05, 0.1) is 0 Å². The van der Waals surface area contributed by atoms with Crippen LogP contribution in [0.4, 0.5) is 9.59 Å². The van der Waals surface area contributed by atoms with Crippen LogP contribution in [0.15, 0.2) is 0 Å². The summed E-state index contributed by atoms with van der Waals surface area (Å²) in [4.78, 5) is 28.6. The van der Waals surface area contributed by atoms with Gasteiger partial charge in [0.2, 0.25) is 0 Å². The third-order valence-electron chi connectivity index (χ3n) is 3.98. The van der Waals surface area contributed by atoms with Crippen LogP contribution in [-0.2, 0) is 9.47 Å². The average Bonchev–Trinajstić information content (AvgIpc) is 2.53. The molecule has 0 atom stereocenters.